The molecule has 1 amide bonds. The maximum Gasteiger partial charge on any atom is 0.328 e. The molecule has 1 aliphatic heterocycles. The summed E-state index contributed by atoms with van der Waals surface area (Å²) in [6.07, 6.45) is 1.57. The summed E-state index contributed by atoms with van der Waals surface area (Å²) >= 11 is 0. The predicted molar refractivity (Wildman–Crippen MR) is 79.8 cm³/mol. The minimum atomic E-state index is -0.588. The molecule has 0 aromatic heterocycles. The van der Waals surface area contributed by atoms with Crippen molar-refractivity contribution in [3.05, 3.63) is 0 Å². The molecule has 2 N–H and O–H groups in total. The van der Waals surface area contributed by atoms with E-state index in [0.29, 0.717) is 25.6 Å². The Labute approximate surface area is 126 Å². The fraction of sp³-hybridized carbons (Fsp3) is 0.867. The van der Waals surface area contributed by atoms with E-state index in [1.54, 1.807) is 0 Å². The van der Waals surface area contributed by atoms with Gasteiger partial charge in [-0.25, -0.2) is 4.79 Å². The molecule has 0 saturated carbocycles. The Balaban J connectivity index is 2.60. The monoisotopic (exact) mass is 300 g/mol. The lowest BCUT2D eigenvalue weighted by atomic mass is 9.99. The predicted octanol–water partition coefficient (Wildman–Crippen LogP) is 0.705. The number of carbonyl (C=O) groups is 2. The van der Waals surface area contributed by atoms with E-state index in [1.165, 1.54) is 7.11 Å². The molecular formula is C15H28N2O4. The lowest BCUT2D eigenvalue weighted by molar-refractivity contribution is -0.146. The van der Waals surface area contributed by atoms with Crippen molar-refractivity contribution in [1.29, 1.82) is 0 Å². The molecule has 0 bridgehead atoms. The normalized spacial score (nSPS) is 23.1. The summed E-state index contributed by atoms with van der Waals surface area (Å²) in [7, 11) is 1.34. The van der Waals surface area contributed by atoms with Crippen molar-refractivity contribution in [1.82, 2.24) is 10.6 Å². The number of nitrogens with one attached hydrogen (secondary N) is 2. The van der Waals surface area contributed by atoms with E-state index in [0.717, 1.165) is 13.0 Å². The molecule has 0 spiro atoms. The molecule has 0 aromatic carbocycles. The summed E-state index contributed by atoms with van der Waals surface area (Å²) in [5, 5.41) is 6.13. The van der Waals surface area contributed by atoms with E-state index >= 15 is 0 Å². The molecule has 1 rings (SSSR count). The standard InChI is InChI=1S/C15H28N2O4/c1-5-6-16-13-9-21-8-11(13)14(18)17-12(7-10(2)3)15(19)20-4/h10-13,16H,5-9H2,1-4H3,(H,17,18)/t11?,12-,13?/m0/s1. The van der Waals surface area contributed by atoms with Gasteiger partial charge >= 0.3 is 5.97 Å². The molecule has 6 heteroatoms. The maximum absolute atomic E-state index is 12.4. The van der Waals surface area contributed by atoms with Gasteiger partial charge in [-0.15, -0.1) is 0 Å². The number of carbonyl (C=O) groups excluding carboxylic acids is 2. The van der Waals surface area contributed by atoms with Crippen LogP contribution < -0.4 is 10.6 Å². The Morgan fingerprint density at radius 2 is 2.05 bits per heavy atom. The zero-order chi connectivity index (χ0) is 15.8. The van der Waals surface area contributed by atoms with Crippen molar-refractivity contribution >= 4 is 11.9 Å². The SMILES string of the molecule is CCCNC1COCC1C(=O)N[C@@H](CC(C)C)C(=O)OC. The van der Waals surface area contributed by atoms with Gasteiger partial charge in [0.15, 0.2) is 0 Å². The number of amides is 1. The molecule has 3 atom stereocenters. The lowest BCUT2D eigenvalue weighted by Gasteiger charge is -2.23. The highest BCUT2D eigenvalue weighted by Gasteiger charge is 2.35. The van der Waals surface area contributed by atoms with Crippen molar-refractivity contribution in [2.24, 2.45) is 11.8 Å². The van der Waals surface area contributed by atoms with Gasteiger partial charge in [0, 0.05) is 6.04 Å². The first-order valence-corrected chi connectivity index (χ1v) is 7.68. The van der Waals surface area contributed by atoms with Gasteiger partial charge in [-0.2, -0.15) is 0 Å². The van der Waals surface area contributed by atoms with Crippen molar-refractivity contribution < 1.29 is 19.1 Å². The first-order valence-electron chi connectivity index (χ1n) is 7.68. The van der Waals surface area contributed by atoms with E-state index in [-0.39, 0.29) is 17.9 Å². The average molecular weight is 300 g/mol. The van der Waals surface area contributed by atoms with E-state index in [4.69, 9.17) is 9.47 Å². The molecule has 1 fully saturated rings. The van der Waals surface area contributed by atoms with Crippen LogP contribution in [0.4, 0.5) is 0 Å². The lowest BCUT2D eigenvalue weighted by Crippen LogP contribution is -2.49. The maximum atomic E-state index is 12.4. The van der Waals surface area contributed by atoms with Gasteiger partial charge in [-0.05, 0) is 25.3 Å². The highest BCUT2D eigenvalue weighted by molar-refractivity contribution is 5.86. The molecular weight excluding hydrogens is 272 g/mol. The Hall–Kier alpha value is -1.14. The summed E-state index contributed by atoms with van der Waals surface area (Å²) < 4.78 is 10.2. The summed E-state index contributed by atoms with van der Waals surface area (Å²) in [5.74, 6) is -0.495. The fourth-order valence-electron chi connectivity index (χ4n) is 2.45. The summed E-state index contributed by atoms with van der Waals surface area (Å²) in [6, 6.07) is -0.572. The second-order valence-electron chi connectivity index (χ2n) is 5.92. The molecule has 1 heterocycles. The van der Waals surface area contributed by atoms with Crippen LogP contribution in [-0.4, -0.2) is 50.8 Å². The molecule has 0 aromatic rings. The van der Waals surface area contributed by atoms with Crippen molar-refractivity contribution in [2.75, 3.05) is 26.9 Å². The molecule has 1 aliphatic rings. The van der Waals surface area contributed by atoms with Crippen LogP contribution in [0, 0.1) is 11.8 Å². The second kappa shape index (κ2) is 9.00. The topological polar surface area (TPSA) is 76.7 Å². The highest BCUT2D eigenvalue weighted by Crippen LogP contribution is 2.15. The van der Waals surface area contributed by atoms with Crippen LogP contribution in [0.2, 0.25) is 0 Å². The molecule has 0 aliphatic carbocycles. The molecule has 6 nitrogen and oxygen atoms in total. The molecule has 122 valence electrons. The van der Waals surface area contributed by atoms with Gasteiger partial charge in [0.05, 0.1) is 26.2 Å². The zero-order valence-corrected chi connectivity index (χ0v) is 13.5. The minimum absolute atomic E-state index is 0.0160. The molecule has 0 radical (unpaired) electrons. The summed E-state index contributed by atoms with van der Waals surface area (Å²) in [5.41, 5.74) is 0. The van der Waals surface area contributed by atoms with Gasteiger partial charge in [-0.1, -0.05) is 20.8 Å². The number of hydrogen-bond donors (Lipinski definition) is 2. The summed E-state index contributed by atoms with van der Waals surface area (Å²) in [4.78, 5) is 24.2. The Morgan fingerprint density at radius 3 is 2.62 bits per heavy atom. The van der Waals surface area contributed by atoms with E-state index in [2.05, 4.69) is 17.6 Å². The smallest absolute Gasteiger partial charge is 0.328 e. The Bertz CT molecular complexity index is 347. The summed E-state index contributed by atoms with van der Waals surface area (Å²) in [6.45, 7) is 7.87. The number of esters is 1. The second-order valence-corrected chi connectivity index (χ2v) is 5.92. The molecule has 2 unspecified atom stereocenters. The Morgan fingerprint density at radius 1 is 1.33 bits per heavy atom. The van der Waals surface area contributed by atoms with Crippen LogP contribution in [-0.2, 0) is 19.1 Å². The van der Waals surface area contributed by atoms with Crippen LogP contribution in [0.5, 0.6) is 0 Å². The van der Waals surface area contributed by atoms with E-state index < -0.39 is 12.0 Å². The largest absolute Gasteiger partial charge is 0.467 e. The van der Waals surface area contributed by atoms with Gasteiger partial charge in [0.2, 0.25) is 5.91 Å². The van der Waals surface area contributed by atoms with Crippen molar-refractivity contribution in [2.45, 2.75) is 45.7 Å². The number of methoxy groups -OCH3 is 1. The van der Waals surface area contributed by atoms with Crippen LogP contribution >= 0.6 is 0 Å². The highest BCUT2D eigenvalue weighted by atomic mass is 16.5. The Kier molecular flexibility index (Phi) is 7.67. The average Bonchev–Trinajstić information content (AvgIpc) is 2.91. The zero-order valence-electron chi connectivity index (χ0n) is 13.5. The van der Waals surface area contributed by atoms with Crippen LogP contribution in [0.3, 0.4) is 0 Å². The van der Waals surface area contributed by atoms with Crippen molar-refractivity contribution in [3.63, 3.8) is 0 Å². The fourth-order valence-corrected chi connectivity index (χ4v) is 2.45. The van der Waals surface area contributed by atoms with Crippen LogP contribution in [0.15, 0.2) is 0 Å². The van der Waals surface area contributed by atoms with E-state index in [9.17, 15) is 9.59 Å². The molecule has 1 saturated heterocycles. The van der Waals surface area contributed by atoms with Crippen LogP contribution in [0.25, 0.3) is 0 Å². The number of rotatable bonds is 8. The molecule has 21 heavy (non-hydrogen) atoms. The minimum Gasteiger partial charge on any atom is -0.467 e. The first-order chi connectivity index (χ1) is 9.99. The number of ether oxygens (including phenoxy) is 2. The quantitative estimate of drug-likeness (QED) is 0.646. The van der Waals surface area contributed by atoms with Crippen LogP contribution in [0.1, 0.15) is 33.6 Å². The van der Waals surface area contributed by atoms with Gasteiger partial charge in [0.1, 0.15) is 6.04 Å². The van der Waals surface area contributed by atoms with Gasteiger partial charge in [0.25, 0.3) is 0 Å². The first kappa shape index (κ1) is 17.9. The van der Waals surface area contributed by atoms with Crippen molar-refractivity contribution in [3.8, 4) is 0 Å². The third-order valence-corrected chi connectivity index (χ3v) is 3.58. The number of hydrogen-bond acceptors (Lipinski definition) is 5. The van der Waals surface area contributed by atoms with E-state index in [1.807, 2.05) is 13.8 Å². The van der Waals surface area contributed by atoms with Gasteiger partial charge < -0.3 is 20.1 Å². The third-order valence-electron chi connectivity index (χ3n) is 3.58. The van der Waals surface area contributed by atoms with Gasteiger partial charge in [-0.3, -0.25) is 4.79 Å². The third kappa shape index (κ3) is 5.63.